The van der Waals surface area contributed by atoms with Gasteiger partial charge in [0.1, 0.15) is 0 Å². The van der Waals surface area contributed by atoms with Crippen LogP contribution in [0.1, 0.15) is 35.0 Å². The van der Waals surface area contributed by atoms with E-state index in [4.69, 9.17) is 0 Å². The van der Waals surface area contributed by atoms with Gasteiger partial charge in [0.15, 0.2) is 0 Å². The first-order valence-corrected chi connectivity index (χ1v) is 4.09. The molecule has 2 nitrogen and oxygen atoms in total. The lowest BCUT2D eigenvalue weighted by Crippen LogP contribution is -2.29. The van der Waals surface area contributed by atoms with Crippen molar-refractivity contribution in [3.05, 3.63) is 0 Å². The molecule has 0 heterocycles. The fraction of sp³-hybridized carbons (Fsp3) is 1.00. The summed E-state index contributed by atoms with van der Waals surface area (Å²) in [6.45, 7) is 7.44. The standard InChI is InChI=1S/C4H12N2.C4H10.H2/c1-4-5-6(2)3;1-3-4-2;/h5H,4H2,1-3H3;3-4H2,1-2H3;1H. The minimum atomic E-state index is 0. The van der Waals surface area contributed by atoms with E-state index in [0.717, 1.165) is 6.54 Å². The summed E-state index contributed by atoms with van der Waals surface area (Å²) in [5.74, 6) is 0. The third-order valence-electron chi connectivity index (χ3n) is 0.974. The first kappa shape index (κ1) is 12.6. The van der Waals surface area contributed by atoms with E-state index in [9.17, 15) is 0 Å². The van der Waals surface area contributed by atoms with E-state index in [1.54, 1.807) is 0 Å². The van der Waals surface area contributed by atoms with Gasteiger partial charge >= 0.3 is 0 Å². The highest BCUT2D eigenvalue weighted by molar-refractivity contribution is 4.24. The van der Waals surface area contributed by atoms with Gasteiger partial charge in [0.2, 0.25) is 0 Å². The summed E-state index contributed by atoms with van der Waals surface area (Å²) in [5, 5.41) is 1.93. The van der Waals surface area contributed by atoms with Crippen molar-refractivity contribution in [2.24, 2.45) is 0 Å². The smallest absolute Gasteiger partial charge is 0.00735 e. The van der Waals surface area contributed by atoms with Crippen molar-refractivity contribution >= 4 is 0 Å². The zero-order valence-corrected chi connectivity index (χ0v) is 8.07. The Bertz CT molecular complexity index is 47.4. The van der Waals surface area contributed by atoms with Crippen LogP contribution in [-0.2, 0) is 0 Å². The largest absolute Gasteiger partial charge is 0.256 e. The molecule has 0 aliphatic heterocycles. The van der Waals surface area contributed by atoms with Crippen molar-refractivity contribution in [1.29, 1.82) is 0 Å². The van der Waals surface area contributed by atoms with Gasteiger partial charge in [0.25, 0.3) is 0 Å². The second kappa shape index (κ2) is 11.7. The summed E-state index contributed by atoms with van der Waals surface area (Å²) >= 11 is 0. The van der Waals surface area contributed by atoms with E-state index < -0.39 is 0 Å². The highest BCUT2D eigenvalue weighted by Crippen LogP contribution is 1.76. The molecule has 1 N–H and O–H groups in total. The normalized spacial score (nSPS) is 9.00. The van der Waals surface area contributed by atoms with Crippen LogP contribution in [0.15, 0.2) is 0 Å². The van der Waals surface area contributed by atoms with Crippen LogP contribution >= 0.6 is 0 Å². The van der Waals surface area contributed by atoms with Crippen molar-refractivity contribution in [2.75, 3.05) is 20.6 Å². The Morgan fingerprint density at radius 2 is 1.50 bits per heavy atom. The molecule has 0 aromatic rings. The van der Waals surface area contributed by atoms with E-state index >= 15 is 0 Å². The highest BCUT2D eigenvalue weighted by Gasteiger charge is 1.75. The quantitative estimate of drug-likeness (QED) is 0.617. The van der Waals surface area contributed by atoms with Gasteiger partial charge in [-0.05, 0) is 0 Å². The van der Waals surface area contributed by atoms with Gasteiger partial charge in [-0.3, -0.25) is 10.4 Å². The molecule has 0 aliphatic carbocycles. The van der Waals surface area contributed by atoms with E-state index in [1.165, 1.54) is 12.8 Å². The Morgan fingerprint density at radius 3 is 1.50 bits per heavy atom. The Labute approximate surface area is 67.1 Å². The number of hydrazine groups is 1. The highest BCUT2D eigenvalue weighted by atomic mass is 15.5. The maximum Gasteiger partial charge on any atom is 0.00735 e. The molecule has 0 unspecified atom stereocenters. The lowest BCUT2D eigenvalue weighted by Gasteiger charge is -2.07. The molecular weight excluding hydrogens is 124 g/mol. The van der Waals surface area contributed by atoms with Gasteiger partial charge in [-0.25, -0.2) is 0 Å². The van der Waals surface area contributed by atoms with Crippen LogP contribution in [0.2, 0.25) is 0 Å². The number of nitrogens with zero attached hydrogens (tertiary/aromatic N) is 1. The SMILES string of the molecule is CCCC.CCNN(C)C.[HH]. The van der Waals surface area contributed by atoms with Crippen LogP contribution < -0.4 is 5.43 Å². The predicted molar refractivity (Wildman–Crippen MR) is 50.1 cm³/mol. The maximum absolute atomic E-state index is 3.04. The van der Waals surface area contributed by atoms with Crippen molar-refractivity contribution < 1.29 is 1.43 Å². The molecule has 0 atom stereocenters. The summed E-state index contributed by atoms with van der Waals surface area (Å²) < 4.78 is 0. The summed E-state index contributed by atoms with van der Waals surface area (Å²) in [4.78, 5) is 0. The van der Waals surface area contributed by atoms with Gasteiger partial charge in [-0.1, -0.05) is 33.6 Å². The summed E-state index contributed by atoms with van der Waals surface area (Å²) in [7, 11) is 3.95. The molecule has 0 amide bonds. The Balaban J connectivity index is -0.000000114. The van der Waals surface area contributed by atoms with E-state index in [0.29, 0.717) is 0 Å². The van der Waals surface area contributed by atoms with Gasteiger partial charge in [0, 0.05) is 22.1 Å². The third kappa shape index (κ3) is 24.7. The van der Waals surface area contributed by atoms with Gasteiger partial charge in [0.05, 0.1) is 0 Å². The Hall–Kier alpha value is -0.0800. The molecule has 2 heteroatoms. The lowest BCUT2D eigenvalue weighted by molar-refractivity contribution is 0.299. The average Bonchev–Trinajstić information content (AvgIpc) is 1.89. The number of nitrogens with one attached hydrogen (secondary N) is 1. The monoisotopic (exact) mass is 148 g/mol. The number of hydrogen-bond donors (Lipinski definition) is 1. The van der Waals surface area contributed by atoms with Crippen LogP contribution in [0.5, 0.6) is 0 Å². The fourth-order valence-corrected chi connectivity index (χ4v) is 0.316. The lowest BCUT2D eigenvalue weighted by atomic mass is 10.4. The maximum atomic E-state index is 3.04. The van der Waals surface area contributed by atoms with Crippen LogP contribution in [0.25, 0.3) is 0 Å². The first-order valence-electron chi connectivity index (χ1n) is 4.09. The Kier molecular flexibility index (Phi) is 14.7. The predicted octanol–water partition coefficient (Wildman–Crippen LogP) is 2.12. The topological polar surface area (TPSA) is 15.3 Å². The fourth-order valence-electron chi connectivity index (χ4n) is 0.316. The zero-order chi connectivity index (χ0) is 8.41. The second-order valence-corrected chi connectivity index (χ2v) is 2.41. The molecule has 0 bridgehead atoms. The first-order chi connectivity index (χ1) is 4.68. The number of hydrogen-bond acceptors (Lipinski definition) is 2. The van der Waals surface area contributed by atoms with Crippen LogP contribution in [-0.4, -0.2) is 25.6 Å². The molecular formula is C8H24N2. The molecule has 0 fully saturated rings. The van der Waals surface area contributed by atoms with Crippen LogP contribution in [0, 0.1) is 0 Å². The number of unbranched alkanes of at least 4 members (excludes halogenated alkanes) is 1. The summed E-state index contributed by atoms with van der Waals surface area (Å²) in [5.41, 5.74) is 3.04. The summed E-state index contributed by atoms with van der Waals surface area (Å²) in [6.07, 6.45) is 2.64. The molecule has 10 heavy (non-hydrogen) atoms. The minimum Gasteiger partial charge on any atom is -0.256 e. The zero-order valence-electron chi connectivity index (χ0n) is 8.07. The molecule has 0 aliphatic rings. The van der Waals surface area contributed by atoms with Crippen molar-refractivity contribution in [1.82, 2.24) is 10.4 Å². The molecule has 0 spiro atoms. The molecule has 66 valence electrons. The number of rotatable bonds is 3. The van der Waals surface area contributed by atoms with E-state index in [1.807, 2.05) is 19.1 Å². The van der Waals surface area contributed by atoms with E-state index in [2.05, 4.69) is 26.2 Å². The van der Waals surface area contributed by atoms with Crippen molar-refractivity contribution in [3.63, 3.8) is 0 Å². The van der Waals surface area contributed by atoms with Crippen molar-refractivity contribution in [3.8, 4) is 0 Å². The van der Waals surface area contributed by atoms with Gasteiger partial charge in [-0.15, -0.1) is 0 Å². The van der Waals surface area contributed by atoms with Crippen LogP contribution in [0.4, 0.5) is 0 Å². The minimum absolute atomic E-state index is 0. The molecule has 0 rings (SSSR count). The van der Waals surface area contributed by atoms with E-state index in [-0.39, 0.29) is 1.43 Å². The molecule has 0 saturated heterocycles. The summed E-state index contributed by atoms with van der Waals surface area (Å²) in [6, 6.07) is 0. The van der Waals surface area contributed by atoms with Crippen molar-refractivity contribution in [2.45, 2.75) is 33.6 Å². The second-order valence-electron chi connectivity index (χ2n) is 2.41. The van der Waals surface area contributed by atoms with Crippen LogP contribution in [0.3, 0.4) is 0 Å². The third-order valence-corrected chi connectivity index (χ3v) is 0.974. The molecule has 0 aromatic heterocycles. The molecule has 0 saturated carbocycles. The molecule has 0 aromatic carbocycles. The molecule has 0 radical (unpaired) electrons. The average molecular weight is 148 g/mol. The Morgan fingerprint density at radius 1 is 1.10 bits per heavy atom. The van der Waals surface area contributed by atoms with Gasteiger partial charge in [-0.2, -0.15) is 0 Å². The van der Waals surface area contributed by atoms with Gasteiger partial charge < -0.3 is 0 Å².